The van der Waals surface area contributed by atoms with Crippen molar-refractivity contribution < 1.29 is 9.90 Å². The number of hydrogen-bond donors (Lipinski definition) is 2. The second kappa shape index (κ2) is 2.32. The third-order valence-corrected chi connectivity index (χ3v) is 2.87. The molecular weight excluding hydrogens is 162 g/mol. The smallest absolute Gasteiger partial charge is 0.345 e. The maximum atomic E-state index is 10.5. The molecule has 3 nitrogen and oxygen atoms in total. The summed E-state index contributed by atoms with van der Waals surface area (Å²) in [4.78, 5) is 12.1. The standard InChI is InChI=1S/C7H7NO2S/c9-7(10)5-1-4-2-8-3-6(4)11-5/h1,8H,2-3H2,(H,9,10). The van der Waals surface area contributed by atoms with Crippen molar-refractivity contribution in [2.45, 2.75) is 13.1 Å². The Labute approximate surface area is 67.7 Å². The lowest BCUT2D eigenvalue weighted by Gasteiger charge is -1.87. The Hall–Kier alpha value is -0.870. The van der Waals surface area contributed by atoms with E-state index in [1.807, 2.05) is 0 Å². The molecule has 0 saturated carbocycles. The van der Waals surface area contributed by atoms with Crippen molar-refractivity contribution in [3.8, 4) is 0 Å². The molecule has 0 atom stereocenters. The van der Waals surface area contributed by atoms with Gasteiger partial charge in [0.2, 0.25) is 0 Å². The third kappa shape index (κ3) is 1.04. The molecule has 0 fully saturated rings. The fraction of sp³-hybridized carbons (Fsp3) is 0.286. The van der Waals surface area contributed by atoms with E-state index in [1.165, 1.54) is 16.2 Å². The van der Waals surface area contributed by atoms with E-state index >= 15 is 0 Å². The normalized spacial score (nSPS) is 14.9. The molecule has 0 unspecified atom stereocenters. The van der Waals surface area contributed by atoms with Crippen molar-refractivity contribution in [1.29, 1.82) is 0 Å². The van der Waals surface area contributed by atoms with Crippen LogP contribution in [0.3, 0.4) is 0 Å². The summed E-state index contributed by atoms with van der Waals surface area (Å²) in [5.41, 5.74) is 1.15. The van der Waals surface area contributed by atoms with Crippen LogP contribution in [0.2, 0.25) is 0 Å². The Bertz CT molecular complexity index is 284. The molecule has 2 N–H and O–H groups in total. The number of hydrogen-bond acceptors (Lipinski definition) is 3. The minimum Gasteiger partial charge on any atom is -0.477 e. The van der Waals surface area contributed by atoms with Gasteiger partial charge in [-0.2, -0.15) is 0 Å². The summed E-state index contributed by atoms with van der Waals surface area (Å²) in [5, 5.41) is 11.8. The van der Waals surface area contributed by atoms with Crippen LogP contribution in [0.5, 0.6) is 0 Å². The molecule has 2 heterocycles. The van der Waals surface area contributed by atoms with E-state index in [1.54, 1.807) is 6.07 Å². The first-order chi connectivity index (χ1) is 5.27. The molecule has 1 aliphatic rings. The zero-order chi connectivity index (χ0) is 7.84. The van der Waals surface area contributed by atoms with E-state index < -0.39 is 5.97 Å². The van der Waals surface area contributed by atoms with Crippen LogP contribution in [0.15, 0.2) is 6.07 Å². The van der Waals surface area contributed by atoms with Crippen LogP contribution in [0, 0.1) is 0 Å². The molecule has 0 aliphatic carbocycles. The number of rotatable bonds is 1. The van der Waals surface area contributed by atoms with Crippen LogP contribution in [-0.2, 0) is 13.1 Å². The summed E-state index contributed by atoms with van der Waals surface area (Å²) < 4.78 is 0. The summed E-state index contributed by atoms with van der Waals surface area (Å²) in [6.07, 6.45) is 0. The second-order valence-corrected chi connectivity index (χ2v) is 3.60. The highest BCUT2D eigenvalue weighted by Crippen LogP contribution is 2.25. The first-order valence-electron chi connectivity index (χ1n) is 3.33. The van der Waals surface area contributed by atoms with E-state index in [0.29, 0.717) is 4.88 Å². The van der Waals surface area contributed by atoms with Gasteiger partial charge in [0.1, 0.15) is 4.88 Å². The van der Waals surface area contributed by atoms with Gasteiger partial charge in [-0.3, -0.25) is 0 Å². The molecular formula is C7H7NO2S. The van der Waals surface area contributed by atoms with Gasteiger partial charge in [-0.15, -0.1) is 11.3 Å². The number of nitrogens with one attached hydrogen (secondary N) is 1. The fourth-order valence-corrected chi connectivity index (χ4v) is 2.17. The minimum absolute atomic E-state index is 0.455. The molecule has 11 heavy (non-hydrogen) atoms. The quantitative estimate of drug-likeness (QED) is 0.660. The van der Waals surface area contributed by atoms with Crippen molar-refractivity contribution in [1.82, 2.24) is 5.32 Å². The maximum absolute atomic E-state index is 10.5. The molecule has 4 heteroatoms. The van der Waals surface area contributed by atoms with Gasteiger partial charge in [-0.25, -0.2) is 4.79 Å². The number of aromatic carboxylic acids is 1. The van der Waals surface area contributed by atoms with E-state index in [2.05, 4.69) is 5.32 Å². The van der Waals surface area contributed by atoms with Crippen LogP contribution < -0.4 is 5.32 Å². The van der Waals surface area contributed by atoms with Crippen LogP contribution in [0.4, 0.5) is 0 Å². The Kier molecular flexibility index (Phi) is 1.44. The monoisotopic (exact) mass is 169 g/mol. The first-order valence-corrected chi connectivity index (χ1v) is 4.14. The van der Waals surface area contributed by atoms with Crippen LogP contribution in [0.25, 0.3) is 0 Å². The molecule has 0 amide bonds. The Morgan fingerprint density at radius 3 is 3.09 bits per heavy atom. The topological polar surface area (TPSA) is 49.3 Å². The van der Waals surface area contributed by atoms with Gasteiger partial charge >= 0.3 is 5.97 Å². The van der Waals surface area contributed by atoms with Crippen LogP contribution in [-0.4, -0.2) is 11.1 Å². The molecule has 2 rings (SSSR count). The van der Waals surface area contributed by atoms with Gasteiger partial charge in [0, 0.05) is 18.0 Å². The Morgan fingerprint density at radius 2 is 2.45 bits per heavy atom. The highest BCUT2D eigenvalue weighted by Gasteiger charge is 2.16. The predicted molar refractivity (Wildman–Crippen MR) is 41.8 cm³/mol. The van der Waals surface area contributed by atoms with Gasteiger partial charge in [-0.1, -0.05) is 0 Å². The number of carbonyl (C=O) groups is 1. The highest BCUT2D eigenvalue weighted by molar-refractivity contribution is 7.14. The molecule has 1 aromatic heterocycles. The minimum atomic E-state index is -0.815. The summed E-state index contributed by atoms with van der Waals surface area (Å²) in [7, 11) is 0. The SMILES string of the molecule is O=C(O)c1cc2c(s1)CNC2. The van der Waals surface area contributed by atoms with E-state index in [-0.39, 0.29) is 0 Å². The van der Waals surface area contributed by atoms with Gasteiger partial charge < -0.3 is 10.4 Å². The van der Waals surface area contributed by atoms with Gasteiger partial charge in [0.15, 0.2) is 0 Å². The maximum Gasteiger partial charge on any atom is 0.345 e. The number of thiophene rings is 1. The highest BCUT2D eigenvalue weighted by atomic mass is 32.1. The summed E-state index contributed by atoms with van der Waals surface area (Å²) in [6.45, 7) is 1.65. The van der Waals surface area contributed by atoms with E-state index in [0.717, 1.165) is 18.7 Å². The first kappa shape index (κ1) is 6.82. The number of carboxylic acids is 1. The second-order valence-electron chi connectivity index (χ2n) is 2.47. The van der Waals surface area contributed by atoms with E-state index in [9.17, 15) is 4.79 Å². The fourth-order valence-electron chi connectivity index (χ4n) is 1.18. The summed E-state index contributed by atoms with van der Waals surface area (Å²) in [5.74, 6) is -0.815. The largest absolute Gasteiger partial charge is 0.477 e. The predicted octanol–water partition coefficient (Wildman–Crippen LogP) is 1.05. The molecule has 0 bridgehead atoms. The van der Waals surface area contributed by atoms with Crippen LogP contribution >= 0.6 is 11.3 Å². The van der Waals surface area contributed by atoms with Gasteiger partial charge in [-0.05, 0) is 11.6 Å². The lowest BCUT2D eigenvalue weighted by Crippen LogP contribution is -2.01. The third-order valence-electron chi connectivity index (χ3n) is 1.71. The average Bonchev–Trinajstić information content (AvgIpc) is 2.40. The molecule has 1 aromatic rings. The van der Waals surface area contributed by atoms with Crippen molar-refractivity contribution in [2.24, 2.45) is 0 Å². The molecule has 0 spiro atoms. The summed E-state index contributed by atoms with van der Waals surface area (Å²) in [6, 6.07) is 1.75. The summed E-state index contributed by atoms with van der Waals surface area (Å²) >= 11 is 1.37. The average molecular weight is 169 g/mol. The molecule has 0 saturated heterocycles. The number of fused-ring (bicyclic) bond motifs is 1. The Balaban J connectivity index is 2.42. The number of carboxylic acid groups (broad SMARTS) is 1. The lowest BCUT2D eigenvalue weighted by molar-refractivity contribution is 0.0702. The molecule has 0 aromatic carbocycles. The molecule has 58 valence electrons. The van der Waals surface area contributed by atoms with E-state index in [4.69, 9.17) is 5.11 Å². The molecule has 1 aliphatic heterocycles. The van der Waals surface area contributed by atoms with Crippen molar-refractivity contribution >= 4 is 17.3 Å². The lowest BCUT2D eigenvalue weighted by atomic mass is 10.3. The van der Waals surface area contributed by atoms with Gasteiger partial charge in [0.25, 0.3) is 0 Å². The molecule has 0 radical (unpaired) electrons. The van der Waals surface area contributed by atoms with Crippen molar-refractivity contribution in [3.63, 3.8) is 0 Å². The zero-order valence-electron chi connectivity index (χ0n) is 5.76. The van der Waals surface area contributed by atoms with Crippen LogP contribution in [0.1, 0.15) is 20.1 Å². The zero-order valence-corrected chi connectivity index (χ0v) is 6.57. The van der Waals surface area contributed by atoms with Crippen molar-refractivity contribution in [3.05, 3.63) is 21.4 Å². The Morgan fingerprint density at radius 1 is 1.64 bits per heavy atom. The van der Waals surface area contributed by atoms with Crippen molar-refractivity contribution in [2.75, 3.05) is 0 Å². The van der Waals surface area contributed by atoms with Gasteiger partial charge in [0.05, 0.1) is 0 Å².